The Morgan fingerprint density at radius 2 is 2.29 bits per heavy atom. The molecule has 0 radical (unpaired) electrons. The van der Waals surface area contributed by atoms with Gasteiger partial charge in [0.25, 0.3) is 0 Å². The maximum atomic E-state index is 5.89. The highest BCUT2D eigenvalue weighted by molar-refractivity contribution is 5.08. The SMILES string of the molecule is Cc1cncc(O[C@@H]2CCC[C@H]2N)n1. The van der Waals surface area contributed by atoms with Gasteiger partial charge in [0, 0.05) is 12.2 Å². The molecule has 2 rings (SSSR count). The highest BCUT2D eigenvalue weighted by Gasteiger charge is 2.25. The number of aromatic nitrogens is 2. The van der Waals surface area contributed by atoms with Gasteiger partial charge in [-0.05, 0) is 26.2 Å². The monoisotopic (exact) mass is 193 g/mol. The summed E-state index contributed by atoms with van der Waals surface area (Å²) in [7, 11) is 0. The number of ether oxygens (including phenoxy) is 1. The lowest BCUT2D eigenvalue weighted by molar-refractivity contribution is 0.182. The van der Waals surface area contributed by atoms with Gasteiger partial charge in [0.2, 0.25) is 5.88 Å². The van der Waals surface area contributed by atoms with Crippen molar-refractivity contribution < 1.29 is 4.74 Å². The van der Waals surface area contributed by atoms with Gasteiger partial charge in [-0.15, -0.1) is 0 Å². The van der Waals surface area contributed by atoms with E-state index < -0.39 is 0 Å². The Morgan fingerprint density at radius 1 is 1.43 bits per heavy atom. The summed E-state index contributed by atoms with van der Waals surface area (Å²) in [6.45, 7) is 1.90. The van der Waals surface area contributed by atoms with Crippen molar-refractivity contribution in [3.8, 4) is 5.88 Å². The molecule has 14 heavy (non-hydrogen) atoms. The van der Waals surface area contributed by atoms with Crippen molar-refractivity contribution in [1.29, 1.82) is 0 Å². The van der Waals surface area contributed by atoms with E-state index in [0.717, 1.165) is 25.0 Å². The minimum absolute atomic E-state index is 0.117. The molecule has 4 nitrogen and oxygen atoms in total. The van der Waals surface area contributed by atoms with E-state index in [0.29, 0.717) is 5.88 Å². The number of aryl methyl sites for hydroxylation is 1. The third kappa shape index (κ3) is 2.01. The summed E-state index contributed by atoms with van der Waals surface area (Å²) in [5, 5.41) is 0. The van der Waals surface area contributed by atoms with Crippen LogP contribution in [-0.2, 0) is 0 Å². The summed E-state index contributed by atoms with van der Waals surface area (Å²) in [6, 6.07) is 0.150. The van der Waals surface area contributed by atoms with Crippen LogP contribution in [0.3, 0.4) is 0 Å². The van der Waals surface area contributed by atoms with Gasteiger partial charge >= 0.3 is 0 Å². The summed E-state index contributed by atoms with van der Waals surface area (Å²) in [5.74, 6) is 0.590. The van der Waals surface area contributed by atoms with E-state index in [1.807, 2.05) is 6.92 Å². The van der Waals surface area contributed by atoms with E-state index >= 15 is 0 Å². The Labute approximate surface area is 83.5 Å². The lowest BCUT2D eigenvalue weighted by atomic mass is 10.2. The van der Waals surface area contributed by atoms with Gasteiger partial charge < -0.3 is 10.5 Å². The number of nitrogens with zero attached hydrogens (tertiary/aromatic N) is 2. The van der Waals surface area contributed by atoms with Crippen LogP contribution in [0.25, 0.3) is 0 Å². The lowest BCUT2D eigenvalue weighted by Gasteiger charge is -2.16. The second-order valence-electron chi connectivity index (χ2n) is 3.75. The quantitative estimate of drug-likeness (QED) is 0.762. The number of hydrogen-bond acceptors (Lipinski definition) is 4. The fraction of sp³-hybridized carbons (Fsp3) is 0.600. The van der Waals surface area contributed by atoms with Crippen LogP contribution in [0.4, 0.5) is 0 Å². The molecule has 0 aliphatic heterocycles. The molecular formula is C10H15N3O. The molecule has 1 heterocycles. The zero-order valence-corrected chi connectivity index (χ0v) is 8.31. The van der Waals surface area contributed by atoms with Gasteiger partial charge in [-0.1, -0.05) is 0 Å². The van der Waals surface area contributed by atoms with E-state index in [1.165, 1.54) is 0 Å². The molecule has 4 heteroatoms. The molecule has 2 atom stereocenters. The molecule has 1 aliphatic rings. The zero-order valence-electron chi connectivity index (χ0n) is 8.31. The summed E-state index contributed by atoms with van der Waals surface area (Å²) in [6.07, 6.45) is 6.68. The van der Waals surface area contributed by atoms with Crippen molar-refractivity contribution in [1.82, 2.24) is 9.97 Å². The summed E-state index contributed by atoms with van der Waals surface area (Å²) in [5.41, 5.74) is 6.76. The van der Waals surface area contributed by atoms with Gasteiger partial charge in [-0.3, -0.25) is 4.98 Å². The van der Waals surface area contributed by atoms with E-state index in [9.17, 15) is 0 Å². The first-order chi connectivity index (χ1) is 6.75. The topological polar surface area (TPSA) is 61.0 Å². The van der Waals surface area contributed by atoms with Crippen LogP contribution >= 0.6 is 0 Å². The molecule has 0 aromatic carbocycles. The molecule has 1 aromatic rings. The molecule has 0 bridgehead atoms. The van der Waals surface area contributed by atoms with Crippen LogP contribution in [-0.4, -0.2) is 22.1 Å². The molecule has 1 saturated carbocycles. The van der Waals surface area contributed by atoms with Crippen LogP contribution in [0, 0.1) is 6.92 Å². The fourth-order valence-electron chi connectivity index (χ4n) is 1.75. The van der Waals surface area contributed by atoms with Gasteiger partial charge in [0.05, 0.1) is 11.9 Å². The molecule has 1 aromatic heterocycles. The molecular weight excluding hydrogens is 178 g/mol. The second kappa shape index (κ2) is 3.92. The van der Waals surface area contributed by atoms with Gasteiger partial charge in [-0.2, -0.15) is 0 Å². The fourth-order valence-corrected chi connectivity index (χ4v) is 1.75. The molecule has 0 saturated heterocycles. The van der Waals surface area contributed by atoms with Gasteiger partial charge in [0.1, 0.15) is 6.10 Å². The number of hydrogen-bond donors (Lipinski definition) is 1. The maximum Gasteiger partial charge on any atom is 0.232 e. The highest BCUT2D eigenvalue weighted by atomic mass is 16.5. The largest absolute Gasteiger partial charge is 0.472 e. The third-order valence-electron chi connectivity index (χ3n) is 2.51. The lowest BCUT2D eigenvalue weighted by Crippen LogP contribution is -2.33. The van der Waals surface area contributed by atoms with Crippen molar-refractivity contribution in [2.45, 2.75) is 38.3 Å². The average Bonchev–Trinajstić information content (AvgIpc) is 2.52. The Kier molecular flexibility index (Phi) is 2.63. The minimum Gasteiger partial charge on any atom is -0.472 e. The minimum atomic E-state index is 0.117. The van der Waals surface area contributed by atoms with Crippen molar-refractivity contribution in [2.24, 2.45) is 5.73 Å². The van der Waals surface area contributed by atoms with Crippen LogP contribution in [0.5, 0.6) is 5.88 Å². The van der Waals surface area contributed by atoms with Crippen molar-refractivity contribution in [3.63, 3.8) is 0 Å². The van der Waals surface area contributed by atoms with Crippen LogP contribution in [0.2, 0.25) is 0 Å². The van der Waals surface area contributed by atoms with Crippen molar-refractivity contribution in [2.75, 3.05) is 0 Å². The van der Waals surface area contributed by atoms with E-state index in [4.69, 9.17) is 10.5 Å². The summed E-state index contributed by atoms with van der Waals surface area (Å²) in [4.78, 5) is 8.25. The van der Waals surface area contributed by atoms with Crippen molar-refractivity contribution >= 4 is 0 Å². The van der Waals surface area contributed by atoms with Crippen LogP contribution < -0.4 is 10.5 Å². The van der Waals surface area contributed by atoms with Crippen molar-refractivity contribution in [3.05, 3.63) is 18.1 Å². The first kappa shape index (κ1) is 9.40. The van der Waals surface area contributed by atoms with E-state index in [1.54, 1.807) is 12.4 Å². The van der Waals surface area contributed by atoms with E-state index in [-0.39, 0.29) is 12.1 Å². The van der Waals surface area contributed by atoms with E-state index in [2.05, 4.69) is 9.97 Å². The Morgan fingerprint density at radius 3 is 2.93 bits per heavy atom. The molecule has 76 valence electrons. The smallest absolute Gasteiger partial charge is 0.232 e. The van der Waals surface area contributed by atoms with Gasteiger partial charge in [-0.25, -0.2) is 4.98 Å². The van der Waals surface area contributed by atoms with Crippen LogP contribution in [0.15, 0.2) is 12.4 Å². The predicted octanol–water partition coefficient (Wildman–Crippen LogP) is 1.04. The molecule has 0 unspecified atom stereocenters. The predicted molar refractivity (Wildman–Crippen MR) is 53.0 cm³/mol. The third-order valence-corrected chi connectivity index (χ3v) is 2.51. The molecule has 2 N–H and O–H groups in total. The Balaban J connectivity index is 2.03. The number of nitrogens with two attached hydrogens (primary N) is 1. The Hall–Kier alpha value is -1.16. The number of rotatable bonds is 2. The summed E-state index contributed by atoms with van der Waals surface area (Å²) >= 11 is 0. The molecule has 1 fully saturated rings. The highest BCUT2D eigenvalue weighted by Crippen LogP contribution is 2.21. The molecule has 1 aliphatic carbocycles. The Bertz CT molecular complexity index is 316. The van der Waals surface area contributed by atoms with Crippen LogP contribution in [0.1, 0.15) is 25.0 Å². The first-order valence-electron chi connectivity index (χ1n) is 4.96. The normalized spacial score (nSPS) is 26.4. The zero-order chi connectivity index (χ0) is 9.97. The maximum absolute atomic E-state index is 5.89. The first-order valence-corrected chi connectivity index (χ1v) is 4.96. The van der Waals surface area contributed by atoms with Gasteiger partial charge in [0.15, 0.2) is 0 Å². The average molecular weight is 193 g/mol. The molecule has 0 spiro atoms. The second-order valence-corrected chi connectivity index (χ2v) is 3.75. The molecule has 0 amide bonds. The standard InChI is InChI=1S/C10H15N3O/c1-7-5-12-6-10(13-7)14-9-4-2-3-8(9)11/h5-6,8-9H,2-4,11H2,1H3/t8-,9-/m1/s1. The summed E-state index contributed by atoms with van der Waals surface area (Å²) < 4.78 is 5.67.